The average Bonchev–Trinajstić information content (AvgIpc) is 1.86. The second-order valence-electron chi connectivity index (χ2n) is 3.96. The van der Waals surface area contributed by atoms with Gasteiger partial charge in [0.25, 0.3) is 0 Å². The van der Waals surface area contributed by atoms with Crippen molar-refractivity contribution in [3.8, 4) is 0 Å². The van der Waals surface area contributed by atoms with Gasteiger partial charge >= 0.3 is 0 Å². The molecule has 68 valence electrons. The van der Waals surface area contributed by atoms with Crippen molar-refractivity contribution in [3.05, 3.63) is 0 Å². The normalized spacial score (nSPS) is 15.0. The molecule has 0 aliphatic carbocycles. The van der Waals surface area contributed by atoms with Crippen LogP contribution in [0.15, 0.2) is 0 Å². The van der Waals surface area contributed by atoms with Crippen molar-refractivity contribution in [3.63, 3.8) is 0 Å². The molecule has 0 saturated carbocycles. The monoisotopic (exact) mass is 176 g/mol. The van der Waals surface area contributed by atoms with Gasteiger partial charge in [0.15, 0.2) is 0 Å². The minimum absolute atomic E-state index is 0.0424. The largest absolute Gasteiger partial charge is 0.392 e. The van der Waals surface area contributed by atoms with Crippen LogP contribution in [-0.4, -0.2) is 22.7 Å². The van der Waals surface area contributed by atoms with Crippen LogP contribution in [0.3, 0.4) is 0 Å². The lowest BCUT2D eigenvalue weighted by molar-refractivity contribution is 0.0843. The van der Waals surface area contributed by atoms with Crippen molar-refractivity contribution in [2.75, 3.05) is 11.5 Å². The molecule has 1 N–H and O–H groups in total. The fourth-order valence-electron chi connectivity index (χ4n) is 0.589. The molecule has 0 aromatic heterocycles. The second kappa shape index (κ2) is 5.04. The quantitative estimate of drug-likeness (QED) is 0.664. The van der Waals surface area contributed by atoms with Crippen molar-refractivity contribution >= 4 is 11.8 Å². The van der Waals surface area contributed by atoms with Crippen molar-refractivity contribution < 1.29 is 5.11 Å². The minimum Gasteiger partial charge on any atom is -0.392 e. The fourth-order valence-corrected chi connectivity index (χ4v) is 1.77. The van der Waals surface area contributed by atoms with Gasteiger partial charge in [-0.2, -0.15) is 11.8 Å². The van der Waals surface area contributed by atoms with Gasteiger partial charge < -0.3 is 5.11 Å². The molecule has 0 aliphatic heterocycles. The van der Waals surface area contributed by atoms with Crippen LogP contribution in [0.4, 0.5) is 0 Å². The molecule has 0 amide bonds. The van der Waals surface area contributed by atoms with Crippen molar-refractivity contribution in [1.82, 2.24) is 0 Å². The first-order valence-electron chi connectivity index (χ1n) is 4.24. The lowest BCUT2D eigenvalue weighted by Crippen LogP contribution is -2.28. The van der Waals surface area contributed by atoms with Crippen LogP contribution in [0, 0.1) is 5.41 Å². The molecule has 11 heavy (non-hydrogen) atoms. The third-order valence-corrected chi connectivity index (χ3v) is 2.87. The summed E-state index contributed by atoms with van der Waals surface area (Å²) < 4.78 is 0. The number of hydrogen-bond donors (Lipinski definition) is 1. The van der Waals surface area contributed by atoms with Gasteiger partial charge in [-0.25, -0.2) is 0 Å². The average molecular weight is 176 g/mol. The van der Waals surface area contributed by atoms with Crippen molar-refractivity contribution in [2.24, 2.45) is 5.41 Å². The van der Waals surface area contributed by atoms with Gasteiger partial charge in [0, 0.05) is 5.75 Å². The van der Waals surface area contributed by atoms with E-state index in [0.717, 1.165) is 11.5 Å². The molecule has 1 atom stereocenters. The molecule has 0 aromatic carbocycles. The maximum atomic E-state index is 9.59. The first-order chi connectivity index (χ1) is 4.98. The lowest BCUT2D eigenvalue weighted by Gasteiger charge is -2.25. The zero-order valence-electron chi connectivity index (χ0n) is 8.05. The van der Waals surface area contributed by atoms with Crippen LogP contribution in [0.1, 0.15) is 34.1 Å². The van der Waals surface area contributed by atoms with E-state index >= 15 is 0 Å². The Morgan fingerprint density at radius 3 is 2.27 bits per heavy atom. The highest BCUT2D eigenvalue weighted by Crippen LogP contribution is 2.22. The summed E-state index contributed by atoms with van der Waals surface area (Å²) in [4.78, 5) is 0. The third-order valence-electron chi connectivity index (χ3n) is 1.62. The second-order valence-corrected chi connectivity index (χ2v) is 5.11. The van der Waals surface area contributed by atoms with Crippen molar-refractivity contribution in [2.45, 2.75) is 40.2 Å². The van der Waals surface area contributed by atoms with E-state index in [1.54, 1.807) is 0 Å². The SMILES string of the molecule is CCCSCC(O)C(C)(C)C. The molecule has 0 rings (SSSR count). The van der Waals surface area contributed by atoms with E-state index in [-0.39, 0.29) is 11.5 Å². The summed E-state index contributed by atoms with van der Waals surface area (Å²) in [7, 11) is 0. The van der Waals surface area contributed by atoms with E-state index in [1.807, 2.05) is 11.8 Å². The number of thioether (sulfide) groups is 1. The Morgan fingerprint density at radius 2 is 1.91 bits per heavy atom. The van der Waals surface area contributed by atoms with Crippen LogP contribution < -0.4 is 0 Å². The highest BCUT2D eigenvalue weighted by atomic mass is 32.2. The molecule has 0 aromatic rings. The van der Waals surface area contributed by atoms with Gasteiger partial charge in [0.05, 0.1) is 6.10 Å². The number of aliphatic hydroxyl groups excluding tert-OH is 1. The van der Waals surface area contributed by atoms with E-state index < -0.39 is 0 Å². The van der Waals surface area contributed by atoms with E-state index in [1.165, 1.54) is 6.42 Å². The summed E-state index contributed by atoms with van der Waals surface area (Å²) in [6.45, 7) is 8.38. The zero-order chi connectivity index (χ0) is 8.91. The molecule has 0 aliphatic rings. The molecule has 0 fully saturated rings. The first kappa shape index (κ1) is 11.3. The standard InChI is InChI=1S/C9H20OS/c1-5-6-11-7-8(10)9(2,3)4/h8,10H,5-7H2,1-4H3. The van der Waals surface area contributed by atoms with E-state index in [9.17, 15) is 5.11 Å². The van der Waals surface area contributed by atoms with Gasteiger partial charge in [-0.05, 0) is 17.6 Å². The van der Waals surface area contributed by atoms with Crippen molar-refractivity contribution in [1.29, 1.82) is 0 Å². The molecule has 0 heterocycles. The summed E-state index contributed by atoms with van der Waals surface area (Å²) >= 11 is 1.84. The Hall–Kier alpha value is 0.310. The summed E-state index contributed by atoms with van der Waals surface area (Å²) in [5.41, 5.74) is 0.0424. The van der Waals surface area contributed by atoms with Crippen LogP contribution in [0.25, 0.3) is 0 Å². The van der Waals surface area contributed by atoms with Gasteiger partial charge in [0.1, 0.15) is 0 Å². The van der Waals surface area contributed by atoms with Crippen LogP contribution >= 0.6 is 11.8 Å². The Kier molecular flexibility index (Phi) is 5.19. The maximum absolute atomic E-state index is 9.59. The smallest absolute Gasteiger partial charge is 0.0678 e. The molecule has 0 radical (unpaired) electrons. The molecule has 0 bridgehead atoms. The Bertz CT molecular complexity index is 96.2. The number of hydrogen-bond acceptors (Lipinski definition) is 2. The summed E-state index contributed by atoms with van der Waals surface area (Å²) in [5.74, 6) is 2.03. The molecule has 0 saturated heterocycles. The third kappa shape index (κ3) is 5.57. The Morgan fingerprint density at radius 1 is 1.36 bits per heavy atom. The van der Waals surface area contributed by atoms with Gasteiger partial charge in [0.2, 0.25) is 0 Å². The lowest BCUT2D eigenvalue weighted by atomic mass is 9.90. The highest BCUT2D eigenvalue weighted by molar-refractivity contribution is 7.99. The topological polar surface area (TPSA) is 20.2 Å². The Labute approximate surface area is 74.6 Å². The van der Waals surface area contributed by atoms with Gasteiger partial charge in [-0.3, -0.25) is 0 Å². The van der Waals surface area contributed by atoms with Gasteiger partial charge in [-0.15, -0.1) is 0 Å². The number of rotatable bonds is 4. The molecular formula is C9H20OS. The van der Waals surface area contributed by atoms with E-state index in [4.69, 9.17) is 0 Å². The molecule has 0 spiro atoms. The van der Waals surface area contributed by atoms with E-state index in [0.29, 0.717) is 0 Å². The number of aliphatic hydroxyl groups is 1. The van der Waals surface area contributed by atoms with Gasteiger partial charge in [-0.1, -0.05) is 27.7 Å². The first-order valence-corrected chi connectivity index (χ1v) is 5.39. The fraction of sp³-hybridized carbons (Fsp3) is 1.00. The van der Waals surface area contributed by atoms with Crippen LogP contribution in [0.2, 0.25) is 0 Å². The van der Waals surface area contributed by atoms with Crippen LogP contribution in [0.5, 0.6) is 0 Å². The molecule has 1 nitrogen and oxygen atoms in total. The summed E-state index contributed by atoms with van der Waals surface area (Å²) in [6, 6.07) is 0. The molecule has 1 unspecified atom stereocenters. The van der Waals surface area contributed by atoms with Crippen LogP contribution in [-0.2, 0) is 0 Å². The predicted octanol–water partition coefficient (Wildman–Crippen LogP) is 2.54. The minimum atomic E-state index is -0.168. The maximum Gasteiger partial charge on any atom is 0.0678 e. The highest BCUT2D eigenvalue weighted by Gasteiger charge is 2.21. The summed E-state index contributed by atoms with van der Waals surface area (Å²) in [5, 5.41) is 9.59. The van der Waals surface area contributed by atoms with E-state index in [2.05, 4.69) is 27.7 Å². The molecular weight excluding hydrogens is 156 g/mol. The molecule has 2 heteroatoms. The zero-order valence-corrected chi connectivity index (χ0v) is 8.87. The Balaban J connectivity index is 3.44. The predicted molar refractivity (Wildman–Crippen MR) is 53.1 cm³/mol. The summed E-state index contributed by atoms with van der Waals surface area (Å²) in [6.07, 6.45) is 1.03.